The van der Waals surface area contributed by atoms with Crippen LogP contribution in [-0.2, 0) is 22.6 Å². The van der Waals surface area contributed by atoms with Crippen LogP contribution in [0, 0.1) is 0 Å². The van der Waals surface area contributed by atoms with E-state index in [2.05, 4.69) is 11.1 Å². The Kier molecular flexibility index (Phi) is 5.26. The quantitative estimate of drug-likeness (QED) is 0.455. The number of benzene rings is 3. The second-order valence-electron chi connectivity index (χ2n) is 9.08. The fourth-order valence-corrected chi connectivity index (χ4v) is 5.55. The molecule has 1 saturated heterocycles. The van der Waals surface area contributed by atoms with E-state index in [0.29, 0.717) is 23.7 Å². The molecular formula is C28H24ClN3O3. The fraction of sp³-hybridized carbons (Fsp3) is 0.214. The Balaban J connectivity index is 1.45. The number of aromatic amines is 1. The van der Waals surface area contributed by atoms with E-state index < -0.39 is 12.1 Å². The maximum atomic E-state index is 13.8. The van der Waals surface area contributed by atoms with E-state index in [4.69, 9.17) is 16.3 Å². The highest BCUT2D eigenvalue weighted by molar-refractivity contribution is 6.30. The first-order valence-corrected chi connectivity index (χ1v) is 12.0. The molecule has 0 spiro atoms. The van der Waals surface area contributed by atoms with Crippen molar-refractivity contribution in [3.05, 3.63) is 100 Å². The number of aromatic nitrogens is 1. The lowest BCUT2D eigenvalue weighted by Crippen LogP contribution is -2.62. The fourth-order valence-electron chi connectivity index (χ4n) is 5.43. The first-order chi connectivity index (χ1) is 17.0. The normalized spacial score (nSPS) is 19.6. The molecule has 4 aromatic rings. The van der Waals surface area contributed by atoms with E-state index in [1.54, 1.807) is 29.0 Å². The van der Waals surface area contributed by atoms with Crippen LogP contribution in [0.4, 0.5) is 0 Å². The number of nitrogens with one attached hydrogen (secondary N) is 1. The molecule has 0 radical (unpaired) electrons. The van der Waals surface area contributed by atoms with E-state index in [0.717, 1.165) is 33.3 Å². The molecule has 0 bridgehead atoms. The average molecular weight is 486 g/mol. The van der Waals surface area contributed by atoms with Gasteiger partial charge in [-0.2, -0.15) is 0 Å². The van der Waals surface area contributed by atoms with E-state index in [1.165, 1.54) is 0 Å². The first kappa shape index (κ1) is 21.7. The van der Waals surface area contributed by atoms with Crippen LogP contribution in [0.15, 0.2) is 72.8 Å². The number of hydrogen-bond donors (Lipinski definition) is 1. The standard InChI is InChI=1S/C28H24ClN3O3/c1-35-20-6-4-5-18(13-20)27-26-22(21-7-2-3-8-23(21)30-26)14-24-28(34)31(16-25(33)32(24)27)15-17-9-11-19(29)12-10-17/h2-13,24,27,30H,14-16H2,1H3/t24-,27?/m0/s1. The summed E-state index contributed by atoms with van der Waals surface area (Å²) in [7, 11) is 1.63. The minimum absolute atomic E-state index is 0.0357. The van der Waals surface area contributed by atoms with Crippen LogP contribution in [0.25, 0.3) is 10.9 Å². The molecule has 2 atom stereocenters. The van der Waals surface area contributed by atoms with E-state index in [-0.39, 0.29) is 18.4 Å². The van der Waals surface area contributed by atoms with Crippen LogP contribution in [0.2, 0.25) is 5.02 Å². The number of halogens is 1. The van der Waals surface area contributed by atoms with Gasteiger partial charge in [0.1, 0.15) is 18.3 Å². The third-order valence-corrected chi connectivity index (χ3v) is 7.29. The van der Waals surface area contributed by atoms with Crippen LogP contribution in [-0.4, -0.2) is 46.3 Å². The first-order valence-electron chi connectivity index (χ1n) is 11.6. The van der Waals surface area contributed by atoms with Crippen LogP contribution in [0.3, 0.4) is 0 Å². The Morgan fingerprint density at radius 3 is 2.63 bits per heavy atom. The SMILES string of the molecule is COc1cccc(C2c3[nH]c4ccccc4c3C[C@H]3C(=O)N(Cc4ccc(Cl)cc4)CC(=O)N23)c1. The summed E-state index contributed by atoms with van der Waals surface area (Å²) >= 11 is 6.02. The Labute approximate surface area is 208 Å². The molecule has 0 aliphatic carbocycles. The summed E-state index contributed by atoms with van der Waals surface area (Å²) in [6.07, 6.45) is 0.474. The second-order valence-corrected chi connectivity index (χ2v) is 9.52. The van der Waals surface area contributed by atoms with Crippen LogP contribution in [0.1, 0.15) is 28.4 Å². The zero-order chi connectivity index (χ0) is 24.1. The number of para-hydroxylation sites is 1. The van der Waals surface area contributed by atoms with Crippen molar-refractivity contribution >= 4 is 34.3 Å². The van der Waals surface area contributed by atoms with Crippen molar-refractivity contribution in [3.8, 4) is 5.75 Å². The number of H-pyrrole nitrogens is 1. The zero-order valence-electron chi connectivity index (χ0n) is 19.2. The monoisotopic (exact) mass is 485 g/mol. The van der Waals surface area contributed by atoms with Crippen LogP contribution >= 0.6 is 11.6 Å². The van der Waals surface area contributed by atoms with Gasteiger partial charge in [-0.25, -0.2) is 0 Å². The molecule has 3 heterocycles. The minimum Gasteiger partial charge on any atom is -0.497 e. The molecule has 7 heteroatoms. The van der Waals surface area contributed by atoms with Crippen LogP contribution < -0.4 is 4.74 Å². The van der Waals surface area contributed by atoms with Gasteiger partial charge >= 0.3 is 0 Å². The number of rotatable bonds is 4. The molecule has 0 saturated carbocycles. The maximum Gasteiger partial charge on any atom is 0.246 e. The van der Waals surface area contributed by atoms with Crippen molar-refractivity contribution < 1.29 is 14.3 Å². The van der Waals surface area contributed by atoms with Gasteiger partial charge < -0.3 is 19.5 Å². The number of ether oxygens (including phenoxy) is 1. The lowest BCUT2D eigenvalue weighted by atomic mass is 9.86. The number of amides is 2. The van der Waals surface area contributed by atoms with Crippen LogP contribution in [0.5, 0.6) is 5.75 Å². The third-order valence-electron chi connectivity index (χ3n) is 7.04. The maximum absolute atomic E-state index is 13.8. The smallest absolute Gasteiger partial charge is 0.246 e. The molecule has 35 heavy (non-hydrogen) atoms. The summed E-state index contributed by atoms with van der Waals surface area (Å²) in [6, 6.07) is 22.2. The summed E-state index contributed by atoms with van der Waals surface area (Å²) in [5, 5.41) is 1.73. The Morgan fingerprint density at radius 1 is 1.03 bits per heavy atom. The van der Waals surface area contributed by atoms with Crippen molar-refractivity contribution in [3.63, 3.8) is 0 Å². The van der Waals surface area contributed by atoms with Crippen molar-refractivity contribution in [2.75, 3.05) is 13.7 Å². The van der Waals surface area contributed by atoms with Gasteiger partial charge in [0.2, 0.25) is 11.8 Å². The summed E-state index contributed by atoms with van der Waals surface area (Å²) in [6.45, 7) is 0.407. The highest BCUT2D eigenvalue weighted by atomic mass is 35.5. The number of hydrogen-bond acceptors (Lipinski definition) is 3. The number of nitrogens with zero attached hydrogens (tertiary/aromatic N) is 2. The second kappa shape index (κ2) is 8.47. The lowest BCUT2D eigenvalue weighted by molar-refractivity contribution is -0.159. The number of piperazine rings is 1. The number of methoxy groups -OCH3 is 1. The van der Waals surface area contributed by atoms with E-state index >= 15 is 0 Å². The van der Waals surface area contributed by atoms with Gasteiger partial charge in [0.25, 0.3) is 0 Å². The van der Waals surface area contributed by atoms with Crippen molar-refractivity contribution in [1.29, 1.82) is 0 Å². The largest absolute Gasteiger partial charge is 0.497 e. The van der Waals surface area contributed by atoms with Gasteiger partial charge in [-0.15, -0.1) is 0 Å². The van der Waals surface area contributed by atoms with Crippen molar-refractivity contribution in [2.24, 2.45) is 0 Å². The van der Waals surface area contributed by atoms with Gasteiger partial charge in [0, 0.05) is 34.6 Å². The average Bonchev–Trinajstić information content (AvgIpc) is 3.25. The topological polar surface area (TPSA) is 65.6 Å². The lowest BCUT2D eigenvalue weighted by Gasteiger charge is -2.47. The molecule has 6 rings (SSSR count). The number of carbonyl (C=O) groups excluding carboxylic acids is 2. The molecule has 6 nitrogen and oxygen atoms in total. The van der Waals surface area contributed by atoms with Gasteiger partial charge in [0.05, 0.1) is 13.2 Å². The van der Waals surface area contributed by atoms with E-state index in [1.807, 2.05) is 54.6 Å². The summed E-state index contributed by atoms with van der Waals surface area (Å²) in [4.78, 5) is 34.5. The van der Waals surface area contributed by atoms with E-state index in [9.17, 15) is 9.59 Å². The third kappa shape index (κ3) is 3.65. The van der Waals surface area contributed by atoms with Crippen molar-refractivity contribution in [2.45, 2.75) is 25.0 Å². The number of fused-ring (bicyclic) bond motifs is 4. The summed E-state index contributed by atoms with van der Waals surface area (Å²) < 4.78 is 5.47. The highest BCUT2D eigenvalue weighted by Crippen LogP contribution is 2.43. The summed E-state index contributed by atoms with van der Waals surface area (Å²) in [5.41, 5.74) is 4.90. The summed E-state index contributed by atoms with van der Waals surface area (Å²) in [5.74, 6) is 0.603. The molecule has 2 aliphatic rings. The Hall–Kier alpha value is -3.77. The minimum atomic E-state index is -0.577. The Bertz CT molecular complexity index is 1450. The number of carbonyl (C=O) groups is 2. The highest BCUT2D eigenvalue weighted by Gasteiger charge is 2.48. The van der Waals surface area contributed by atoms with Gasteiger partial charge in [-0.1, -0.05) is 54.1 Å². The molecule has 1 aromatic heterocycles. The molecule has 176 valence electrons. The molecular weight excluding hydrogens is 462 g/mol. The van der Waals surface area contributed by atoms with Gasteiger partial charge in [-0.3, -0.25) is 9.59 Å². The zero-order valence-corrected chi connectivity index (χ0v) is 20.0. The predicted molar refractivity (Wildman–Crippen MR) is 134 cm³/mol. The molecule has 1 fully saturated rings. The molecule has 1 unspecified atom stereocenters. The van der Waals surface area contributed by atoms with Gasteiger partial charge in [-0.05, 0) is 47.0 Å². The van der Waals surface area contributed by atoms with Gasteiger partial charge in [0.15, 0.2) is 0 Å². The molecule has 3 aromatic carbocycles. The Morgan fingerprint density at radius 2 is 1.83 bits per heavy atom. The predicted octanol–water partition coefficient (Wildman–Crippen LogP) is 4.72. The molecule has 1 N–H and O–H groups in total. The van der Waals surface area contributed by atoms with Crippen molar-refractivity contribution in [1.82, 2.24) is 14.8 Å². The molecule has 2 aliphatic heterocycles. The molecule has 2 amide bonds.